The maximum Gasteiger partial charge on any atom is 0.256 e. The smallest absolute Gasteiger partial charge is 0.256 e. The Kier molecular flexibility index (Phi) is 8.79. The predicted molar refractivity (Wildman–Crippen MR) is 132 cm³/mol. The molecule has 2 aromatic carbocycles. The third-order valence-corrected chi connectivity index (χ3v) is 6.30. The molecule has 0 unspecified atom stereocenters. The second-order valence-corrected chi connectivity index (χ2v) is 9.21. The van der Waals surface area contributed by atoms with Gasteiger partial charge in [-0.15, -0.1) is 0 Å². The lowest BCUT2D eigenvalue weighted by Gasteiger charge is -2.48. The monoisotopic (exact) mass is 492 g/mol. The van der Waals surface area contributed by atoms with Crippen molar-refractivity contribution >= 4 is 17.3 Å². The second-order valence-electron chi connectivity index (χ2n) is 9.21. The first-order chi connectivity index (χ1) is 16.6. The molecule has 2 saturated heterocycles. The molecule has 2 aliphatic heterocycles. The van der Waals surface area contributed by atoms with Gasteiger partial charge in [0.25, 0.3) is 5.91 Å². The van der Waals surface area contributed by atoms with Crippen molar-refractivity contribution in [1.82, 2.24) is 14.7 Å². The summed E-state index contributed by atoms with van der Waals surface area (Å²) in [6.07, 6.45) is 1.01. The van der Waals surface area contributed by atoms with Crippen LogP contribution in [0.2, 0.25) is 0 Å². The third kappa shape index (κ3) is 6.34. The Morgan fingerprint density at radius 3 is 2.43 bits per heavy atom. The zero-order chi connectivity index (χ0) is 25.8. The van der Waals surface area contributed by atoms with Crippen molar-refractivity contribution in [2.75, 3.05) is 58.2 Å². The van der Waals surface area contributed by atoms with Crippen molar-refractivity contribution in [2.45, 2.75) is 32.8 Å². The minimum absolute atomic E-state index is 0.0644. The first kappa shape index (κ1) is 27.0. The Hall–Kier alpha value is -2.62. The van der Waals surface area contributed by atoms with E-state index in [4.69, 9.17) is 0 Å². The Bertz CT molecular complexity index is 1040. The van der Waals surface area contributed by atoms with Gasteiger partial charge in [-0.2, -0.15) is 0 Å². The molecular weight excluding hydrogens is 457 g/mol. The van der Waals surface area contributed by atoms with E-state index < -0.39 is 34.6 Å². The number of likely N-dealkylation sites (tertiary alicyclic amines) is 1. The highest BCUT2D eigenvalue weighted by Gasteiger charge is 2.45. The van der Waals surface area contributed by atoms with Crippen LogP contribution in [0, 0.1) is 24.4 Å². The standard InChI is InChI=1S/C24H29F3N4O2.C2H6/c1-16-4-7-20(19(26)12-16)28-22-17(5-6-18(25)21(22)27)23(32)31-14-24(33,15-31)13-30-9-3-8-29(2)10-11-30;1-2/h4-7,12,28,33H,3,8-11,13-15H2,1-2H3;1-2H3. The number of amides is 1. The SMILES string of the molecule is CC.Cc1ccc(Nc2c(C(=O)N3CC(O)(CN4CCCN(C)CC4)C3)ccc(F)c2F)c(F)c1. The van der Waals surface area contributed by atoms with Gasteiger partial charge in [-0.05, 0) is 63.3 Å². The maximum absolute atomic E-state index is 14.6. The topological polar surface area (TPSA) is 59.1 Å². The third-order valence-electron chi connectivity index (χ3n) is 6.30. The van der Waals surface area contributed by atoms with Crippen LogP contribution in [-0.4, -0.2) is 84.2 Å². The summed E-state index contributed by atoms with van der Waals surface area (Å²) in [5, 5.41) is 13.4. The first-order valence-corrected chi connectivity index (χ1v) is 12.1. The number of aliphatic hydroxyl groups is 1. The van der Waals surface area contributed by atoms with Gasteiger partial charge in [0.2, 0.25) is 0 Å². The van der Waals surface area contributed by atoms with Gasteiger partial charge in [0.1, 0.15) is 11.4 Å². The van der Waals surface area contributed by atoms with Gasteiger partial charge in [-0.25, -0.2) is 13.2 Å². The summed E-state index contributed by atoms with van der Waals surface area (Å²) in [5.41, 5.74) is -0.982. The number of aryl methyl sites for hydroxylation is 1. The molecule has 192 valence electrons. The Morgan fingerprint density at radius 1 is 1.03 bits per heavy atom. The number of β-amino-alcohol motifs (C(OH)–C–C–N with tert-alkyl or cyclic N) is 1. The van der Waals surface area contributed by atoms with Crippen LogP contribution in [0.15, 0.2) is 30.3 Å². The van der Waals surface area contributed by atoms with Gasteiger partial charge in [-0.1, -0.05) is 19.9 Å². The molecule has 0 bridgehead atoms. The van der Waals surface area contributed by atoms with Crippen LogP contribution in [0.3, 0.4) is 0 Å². The minimum Gasteiger partial charge on any atom is -0.385 e. The Morgan fingerprint density at radius 2 is 1.74 bits per heavy atom. The maximum atomic E-state index is 14.6. The van der Waals surface area contributed by atoms with Gasteiger partial charge in [-0.3, -0.25) is 9.69 Å². The number of carbonyl (C=O) groups is 1. The summed E-state index contributed by atoms with van der Waals surface area (Å²) in [7, 11) is 2.07. The highest BCUT2D eigenvalue weighted by Crippen LogP contribution is 2.32. The van der Waals surface area contributed by atoms with Crippen molar-refractivity contribution in [1.29, 1.82) is 0 Å². The lowest BCUT2D eigenvalue weighted by atomic mass is 9.92. The largest absolute Gasteiger partial charge is 0.385 e. The highest BCUT2D eigenvalue weighted by atomic mass is 19.2. The number of likely N-dealkylation sites (N-methyl/N-ethyl adjacent to an activating group) is 1. The molecule has 0 aromatic heterocycles. The van der Waals surface area contributed by atoms with Crippen LogP contribution >= 0.6 is 0 Å². The molecule has 2 aliphatic rings. The van der Waals surface area contributed by atoms with E-state index in [0.29, 0.717) is 12.1 Å². The average molecular weight is 493 g/mol. The number of anilines is 2. The zero-order valence-electron chi connectivity index (χ0n) is 20.9. The van der Waals surface area contributed by atoms with E-state index in [9.17, 15) is 23.1 Å². The van der Waals surface area contributed by atoms with E-state index in [1.54, 1.807) is 13.0 Å². The van der Waals surface area contributed by atoms with Gasteiger partial charge in [0.15, 0.2) is 11.6 Å². The van der Waals surface area contributed by atoms with Crippen molar-refractivity contribution in [3.05, 3.63) is 58.9 Å². The Labute approximate surface area is 205 Å². The number of nitrogens with zero attached hydrogens (tertiary/aromatic N) is 3. The molecule has 35 heavy (non-hydrogen) atoms. The first-order valence-electron chi connectivity index (χ1n) is 12.1. The zero-order valence-corrected chi connectivity index (χ0v) is 20.9. The lowest BCUT2D eigenvalue weighted by Crippen LogP contribution is -2.67. The molecule has 9 heteroatoms. The number of nitrogens with one attached hydrogen (secondary N) is 1. The molecule has 2 heterocycles. The molecule has 0 saturated carbocycles. The van der Waals surface area contributed by atoms with Gasteiger partial charge < -0.3 is 20.2 Å². The fourth-order valence-corrected chi connectivity index (χ4v) is 4.46. The molecule has 0 atom stereocenters. The predicted octanol–water partition coefficient (Wildman–Crippen LogP) is 4.01. The van der Waals surface area contributed by atoms with Crippen molar-refractivity contribution < 1.29 is 23.1 Å². The van der Waals surface area contributed by atoms with Gasteiger partial charge >= 0.3 is 0 Å². The molecule has 2 N–H and O–H groups in total. The molecular formula is C26H35F3N4O2. The van der Waals surface area contributed by atoms with E-state index in [1.165, 1.54) is 23.1 Å². The molecule has 0 radical (unpaired) electrons. The molecule has 0 spiro atoms. The number of halogens is 3. The van der Waals surface area contributed by atoms with Crippen LogP contribution in [0.25, 0.3) is 0 Å². The second kappa shape index (κ2) is 11.4. The number of benzene rings is 2. The minimum atomic E-state index is -1.26. The van der Waals surface area contributed by atoms with Crippen LogP contribution in [0.5, 0.6) is 0 Å². The summed E-state index contributed by atoms with van der Waals surface area (Å²) in [6.45, 7) is 9.98. The van der Waals surface area contributed by atoms with E-state index in [-0.39, 0.29) is 24.3 Å². The van der Waals surface area contributed by atoms with E-state index in [1.807, 2.05) is 13.8 Å². The molecule has 6 nitrogen and oxygen atoms in total. The summed E-state index contributed by atoms with van der Waals surface area (Å²) < 4.78 is 42.9. The summed E-state index contributed by atoms with van der Waals surface area (Å²) in [6, 6.07) is 6.35. The van der Waals surface area contributed by atoms with Gasteiger partial charge in [0, 0.05) is 19.6 Å². The van der Waals surface area contributed by atoms with Crippen molar-refractivity contribution in [3.8, 4) is 0 Å². The van der Waals surface area contributed by atoms with Gasteiger partial charge in [0.05, 0.1) is 30.0 Å². The van der Waals surface area contributed by atoms with Crippen molar-refractivity contribution in [3.63, 3.8) is 0 Å². The lowest BCUT2D eigenvalue weighted by molar-refractivity contribution is -0.0971. The number of hydrogen-bond donors (Lipinski definition) is 2. The van der Waals surface area contributed by atoms with E-state index >= 15 is 0 Å². The molecule has 0 aliphatic carbocycles. The quantitative estimate of drug-likeness (QED) is 0.661. The Balaban J connectivity index is 0.00000167. The van der Waals surface area contributed by atoms with Crippen molar-refractivity contribution in [2.24, 2.45) is 0 Å². The summed E-state index contributed by atoms with van der Waals surface area (Å²) >= 11 is 0. The fourth-order valence-electron chi connectivity index (χ4n) is 4.46. The normalized spacial score (nSPS) is 18.2. The number of carbonyl (C=O) groups excluding carboxylic acids is 1. The molecule has 4 rings (SSSR count). The van der Waals surface area contributed by atoms with Crippen LogP contribution in [0.4, 0.5) is 24.5 Å². The molecule has 1 amide bonds. The van der Waals surface area contributed by atoms with Crippen LogP contribution in [-0.2, 0) is 0 Å². The highest BCUT2D eigenvalue weighted by molar-refractivity contribution is 6.01. The number of hydrogen-bond acceptors (Lipinski definition) is 5. The summed E-state index contributed by atoms with van der Waals surface area (Å²) in [4.78, 5) is 18.9. The number of rotatable bonds is 5. The van der Waals surface area contributed by atoms with Crippen LogP contribution < -0.4 is 5.32 Å². The van der Waals surface area contributed by atoms with E-state index in [2.05, 4.69) is 22.2 Å². The average Bonchev–Trinajstić information content (AvgIpc) is 3.01. The molecule has 2 fully saturated rings. The molecule has 2 aromatic rings. The van der Waals surface area contributed by atoms with E-state index in [0.717, 1.165) is 38.7 Å². The summed E-state index contributed by atoms with van der Waals surface area (Å²) in [5.74, 6) is -3.60. The fraction of sp³-hybridized carbons (Fsp3) is 0.500. The van der Waals surface area contributed by atoms with Crippen LogP contribution in [0.1, 0.15) is 36.2 Å².